The van der Waals surface area contributed by atoms with E-state index in [-0.39, 0.29) is 11.5 Å². The van der Waals surface area contributed by atoms with Gasteiger partial charge >= 0.3 is 0 Å². The topological polar surface area (TPSA) is 48.1 Å². The molecule has 1 atom stereocenters. The molecule has 0 bridgehead atoms. The monoisotopic (exact) mass is 242 g/mol. The Kier molecular flexibility index (Phi) is 2.52. The minimum absolute atomic E-state index is 0.199. The van der Waals surface area contributed by atoms with Crippen LogP contribution in [0, 0.1) is 0 Å². The second-order valence-electron chi connectivity index (χ2n) is 5.20. The van der Waals surface area contributed by atoms with E-state index in [0.29, 0.717) is 5.88 Å². The normalized spacial score (nSPS) is 18.6. The van der Waals surface area contributed by atoms with Crippen molar-refractivity contribution in [2.45, 2.75) is 31.2 Å². The van der Waals surface area contributed by atoms with Crippen LogP contribution in [0.4, 0.5) is 0 Å². The van der Waals surface area contributed by atoms with Gasteiger partial charge in [0.2, 0.25) is 5.88 Å². The molecule has 0 amide bonds. The Labute approximate surface area is 107 Å². The first-order valence-corrected chi connectivity index (χ1v) is 6.36. The molecule has 1 saturated carbocycles. The van der Waals surface area contributed by atoms with Crippen molar-refractivity contribution >= 4 is 10.8 Å². The zero-order chi connectivity index (χ0) is 12.8. The molecule has 0 radical (unpaired) electrons. The van der Waals surface area contributed by atoms with Crippen molar-refractivity contribution in [1.29, 1.82) is 0 Å². The number of nitrogens with two attached hydrogens (primary N) is 1. The minimum Gasteiger partial charge on any atom is -0.481 e. The lowest BCUT2D eigenvalue weighted by Gasteiger charge is -2.20. The summed E-state index contributed by atoms with van der Waals surface area (Å²) in [6, 6.07) is 8.73. The van der Waals surface area contributed by atoms with Gasteiger partial charge in [-0.25, -0.2) is 4.98 Å². The molecule has 3 rings (SSSR count). The first-order chi connectivity index (χ1) is 8.67. The van der Waals surface area contributed by atoms with E-state index in [4.69, 9.17) is 10.5 Å². The highest BCUT2D eigenvalue weighted by atomic mass is 16.5. The zero-order valence-electron chi connectivity index (χ0n) is 10.8. The van der Waals surface area contributed by atoms with Gasteiger partial charge in [-0.1, -0.05) is 12.1 Å². The molecule has 1 aliphatic carbocycles. The largest absolute Gasteiger partial charge is 0.481 e. The van der Waals surface area contributed by atoms with Crippen LogP contribution in [-0.4, -0.2) is 18.1 Å². The second kappa shape index (κ2) is 3.95. The summed E-state index contributed by atoms with van der Waals surface area (Å²) >= 11 is 0. The van der Waals surface area contributed by atoms with E-state index in [2.05, 4.69) is 30.1 Å². The Morgan fingerprint density at radius 1 is 1.33 bits per heavy atom. The minimum atomic E-state index is 0.199. The summed E-state index contributed by atoms with van der Waals surface area (Å²) in [6.45, 7) is 2.10. The Balaban J connectivity index is 2.13. The average molecular weight is 242 g/mol. The Bertz CT molecular complexity index is 588. The van der Waals surface area contributed by atoms with Crippen LogP contribution in [0.25, 0.3) is 10.8 Å². The van der Waals surface area contributed by atoms with Crippen molar-refractivity contribution in [2.75, 3.05) is 7.11 Å². The number of ether oxygens (including phenoxy) is 1. The lowest BCUT2D eigenvalue weighted by molar-refractivity contribution is 0.403. The van der Waals surface area contributed by atoms with E-state index in [1.54, 1.807) is 13.3 Å². The van der Waals surface area contributed by atoms with E-state index in [1.165, 1.54) is 23.8 Å². The predicted octanol–water partition coefficient (Wildman–Crippen LogP) is 2.62. The molecule has 94 valence electrons. The summed E-state index contributed by atoms with van der Waals surface area (Å²) in [5, 5.41) is 2.23. The van der Waals surface area contributed by atoms with Gasteiger partial charge < -0.3 is 10.5 Å². The van der Waals surface area contributed by atoms with Gasteiger partial charge in [0.1, 0.15) is 0 Å². The third-order valence-electron chi connectivity index (χ3n) is 4.16. The highest BCUT2D eigenvalue weighted by molar-refractivity contribution is 5.87. The Morgan fingerprint density at radius 2 is 2.11 bits per heavy atom. The molecule has 0 saturated heterocycles. The van der Waals surface area contributed by atoms with Gasteiger partial charge in [-0.15, -0.1) is 0 Å². The molecule has 1 aromatic carbocycles. The van der Waals surface area contributed by atoms with Crippen LogP contribution in [0.5, 0.6) is 5.88 Å². The smallest absolute Gasteiger partial charge is 0.221 e. The molecule has 3 nitrogen and oxygen atoms in total. The number of fused-ring (bicyclic) bond motifs is 1. The first-order valence-electron chi connectivity index (χ1n) is 6.36. The lowest BCUT2D eigenvalue weighted by Crippen LogP contribution is -2.31. The summed E-state index contributed by atoms with van der Waals surface area (Å²) in [7, 11) is 1.65. The van der Waals surface area contributed by atoms with Crippen LogP contribution < -0.4 is 10.5 Å². The molecule has 1 aliphatic rings. The van der Waals surface area contributed by atoms with E-state index in [0.717, 1.165) is 5.39 Å². The fourth-order valence-corrected chi connectivity index (χ4v) is 2.76. The Morgan fingerprint density at radius 3 is 2.72 bits per heavy atom. The van der Waals surface area contributed by atoms with Gasteiger partial charge in [-0.05, 0) is 42.8 Å². The summed E-state index contributed by atoms with van der Waals surface area (Å²) < 4.78 is 5.28. The van der Waals surface area contributed by atoms with Crippen LogP contribution >= 0.6 is 0 Å². The molecular weight excluding hydrogens is 224 g/mol. The van der Waals surface area contributed by atoms with Gasteiger partial charge in [0, 0.05) is 23.0 Å². The maximum absolute atomic E-state index is 6.13. The molecule has 1 fully saturated rings. The number of nitrogens with zero attached hydrogens (tertiary/aromatic N) is 1. The van der Waals surface area contributed by atoms with E-state index in [9.17, 15) is 0 Å². The van der Waals surface area contributed by atoms with Crippen molar-refractivity contribution in [3.8, 4) is 5.88 Å². The van der Waals surface area contributed by atoms with Crippen LogP contribution in [0.3, 0.4) is 0 Å². The van der Waals surface area contributed by atoms with Crippen molar-refractivity contribution in [3.63, 3.8) is 0 Å². The number of hydrogen-bond donors (Lipinski definition) is 1. The van der Waals surface area contributed by atoms with Crippen molar-refractivity contribution < 1.29 is 4.74 Å². The first kappa shape index (κ1) is 11.5. The molecule has 0 spiro atoms. The average Bonchev–Trinajstić information content (AvgIpc) is 3.18. The maximum atomic E-state index is 6.13. The Hall–Kier alpha value is -1.61. The molecule has 3 heteroatoms. The molecular formula is C15H18N2O. The van der Waals surface area contributed by atoms with Gasteiger partial charge in [-0.3, -0.25) is 0 Å². The summed E-state index contributed by atoms with van der Waals surface area (Å²) in [4.78, 5) is 4.22. The SMILES string of the molecule is COc1nccc2cc(C3(C(C)N)CC3)ccc12. The van der Waals surface area contributed by atoms with Crippen LogP contribution in [-0.2, 0) is 5.41 Å². The van der Waals surface area contributed by atoms with E-state index < -0.39 is 0 Å². The van der Waals surface area contributed by atoms with Crippen molar-refractivity contribution in [2.24, 2.45) is 5.73 Å². The zero-order valence-corrected chi connectivity index (χ0v) is 10.8. The highest BCUT2D eigenvalue weighted by Crippen LogP contribution is 2.50. The molecule has 1 unspecified atom stereocenters. The van der Waals surface area contributed by atoms with E-state index >= 15 is 0 Å². The van der Waals surface area contributed by atoms with Gasteiger partial charge in [0.05, 0.1) is 7.11 Å². The van der Waals surface area contributed by atoms with Gasteiger partial charge in [-0.2, -0.15) is 0 Å². The fraction of sp³-hybridized carbons (Fsp3) is 0.400. The van der Waals surface area contributed by atoms with Crippen molar-refractivity contribution in [1.82, 2.24) is 4.98 Å². The summed E-state index contributed by atoms with van der Waals surface area (Å²) in [5.41, 5.74) is 7.67. The molecule has 0 aliphatic heterocycles. The standard InChI is InChI=1S/C15H18N2O/c1-10(16)15(6-7-15)12-3-4-13-11(9-12)5-8-17-14(13)18-2/h3-5,8-10H,6-7,16H2,1-2H3. The third-order valence-corrected chi connectivity index (χ3v) is 4.16. The molecule has 18 heavy (non-hydrogen) atoms. The molecule has 2 aromatic rings. The van der Waals surface area contributed by atoms with Gasteiger partial charge in [0.25, 0.3) is 0 Å². The maximum Gasteiger partial charge on any atom is 0.221 e. The number of benzene rings is 1. The van der Waals surface area contributed by atoms with E-state index in [1.807, 2.05) is 6.07 Å². The number of methoxy groups -OCH3 is 1. The fourth-order valence-electron chi connectivity index (χ4n) is 2.76. The number of pyridine rings is 1. The third kappa shape index (κ3) is 1.58. The van der Waals surface area contributed by atoms with Crippen LogP contribution in [0.2, 0.25) is 0 Å². The molecule has 1 aromatic heterocycles. The second-order valence-corrected chi connectivity index (χ2v) is 5.20. The van der Waals surface area contributed by atoms with Crippen LogP contribution in [0.15, 0.2) is 30.5 Å². The number of rotatable bonds is 3. The summed E-state index contributed by atoms with van der Waals surface area (Å²) in [5.74, 6) is 0.685. The predicted molar refractivity (Wildman–Crippen MR) is 72.9 cm³/mol. The summed E-state index contributed by atoms with van der Waals surface area (Å²) in [6.07, 6.45) is 4.17. The number of aromatic nitrogens is 1. The van der Waals surface area contributed by atoms with Gasteiger partial charge in [0.15, 0.2) is 0 Å². The van der Waals surface area contributed by atoms with Crippen LogP contribution in [0.1, 0.15) is 25.3 Å². The highest BCUT2D eigenvalue weighted by Gasteiger charge is 2.47. The molecule has 1 heterocycles. The quantitative estimate of drug-likeness (QED) is 0.900. The molecule has 2 N–H and O–H groups in total. The number of hydrogen-bond acceptors (Lipinski definition) is 3. The van der Waals surface area contributed by atoms with Crippen molar-refractivity contribution in [3.05, 3.63) is 36.0 Å². The lowest BCUT2D eigenvalue weighted by atomic mass is 9.88.